The van der Waals surface area contributed by atoms with E-state index in [0.29, 0.717) is 46.2 Å². The van der Waals surface area contributed by atoms with E-state index in [2.05, 4.69) is 5.32 Å². The number of nitrogens with one attached hydrogen (secondary N) is 1. The van der Waals surface area contributed by atoms with Crippen LogP contribution in [0.15, 0.2) is 65.0 Å². The quantitative estimate of drug-likeness (QED) is 0.275. The number of esters is 1. The van der Waals surface area contributed by atoms with E-state index in [1.807, 2.05) is 19.1 Å². The van der Waals surface area contributed by atoms with Gasteiger partial charge in [0.1, 0.15) is 6.61 Å². The maximum Gasteiger partial charge on any atom is 0.416 e. The SMILES string of the molecule is CCSCCOC(=O)C1=C(C)NC2=C(C(=O)C[C@H](c3ccc(OC)c(OC)c3)C2)[C@@H]1c1ccc(C(F)(F)F)cc1. The molecule has 0 unspecified atom stereocenters. The van der Waals surface area contributed by atoms with Gasteiger partial charge in [-0.2, -0.15) is 24.9 Å². The molecule has 1 aliphatic heterocycles. The molecule has 0 aromatic heterocycles. The van der Waals surface area contributed by atoms with E-state index in [1.54, 1.807) is 39.0 Å². The first-order valence-electron chi connectivity index (χ1n) is 13.0. The predicted molar refractivity (Wildman–Crippen MR) is 148 cm³/mol. The molecule has 40 heavy (non-hydrogen) atoms. The molecular formula is C30H32F3NO5S. The molecule has 0 amide bonds. The summed E-state index contributed by atoms with van der Waals surface area (Å²) >= 11 is 1.62. The van der Waals surface area contributed by atoms with Gasteiger partial charge in [0.15, 0.2) is 17.3 Å². The zero-order valence-electron chi connectivity index (χ0n) is 22.8. The zero-order chi connectivity index (χ0) is 29.0. The molecule has 0 bridgehead atoms. The van der Waals surface area contributed by atoms with Gasteiger partial charge in [-0.1, -0.05) is 25.1 Å². The molecule has 2 aromatic carbocycles. The minimum atomic E-state index is -4.51. The van der Waals surface area contributed by atoms with Gasteiger partial charge in [-0.15, -0.1) is 0 Å². The van der Waals surface area contributed by atoms with Gasteiger partial charge in [-0.25, -0.2) is 4.79 Å². The molecule has 0 saturated carbocycles. The Bertz CT molecular complexity index is 1330. The maximum atomic E-state index is 13.8. The van der Waals surface area contributed by atoms with Crippen molar-refractivity contribution in [1.82, 2.24) is 5.32 Å². The highest BCUT2D eigenvalue weighted by Crippen LogP contribution is 2.47. The number of carbonyl (C=O) groups excluding carboxylic acids is 2. The second-order valence-electron chi connectivity index (χ2n) is 9.58. The lowest BCUT2D eigenvalue weighted by atomic mass is 9.71. The number of halogens is 3. The van der Waals surface area contributed by atoms with E-state index in [-0.39, 0.29) is 30.3 Å². The minimum Gasteiger partial charge on any atom is -0.493 e. The standard InChI is InChI=1S/C30H32F3NO5S/c1-5-40-13-12-39-29(36)26-17(2)34-22-14-20(19-8-11-24(37-3)25(16-19)38-4)15-23(35)28(22)27(26)18-6-9-21(10-7-18)30(31,32)33/h6-11,16,20,27,34H,5,12-15H2,1-4H3/t20-,27-/m1/s1. The molecule has 0 radical (unpaired) electrons. The molecule has 2 aliphatic rings. The van der Waals surface area contributed by atoms with Crippen LogP contribution >= 0.6 is 11.8 Å². The van der Waals surface area contributed by atoms with Crippen LogP contribution in [0.3, 0.4) is 0 Å². The fraction of sp³-hybridized carbons (Fsp3) is 0.400. The van der Waals surface area contributed by atoms with Gasteiger partial charge in [0.25, 0.3) is 0 Å². The molecule has 0 saturated heterocycles. The van der Waals surface area contributed by atoms with Gasteiger partial charge in [0, 0.05) is 35.1 Å². The molecule has 2 aromatic rings. The Hall–Kier alpha value is -3.40. The largest absolute Gasteiger partial charge is 0.493 e. The highest BCUT2D eigenvalue weighted by atomic mass is 32.2. The first kappa shape index (κ1) is 29.6. The van der Waals surface area contributed by atoms with Gasteiger partial charge < -0.3 is 19.5 Å². The Morgan fingerprint density at radius 2 is 1.70 bits per heavy atom. The van der Waals surface area contributed by atoms with Crippen LogP contribution in [0.5, 0.6) is 11.5 Å². The summed E-state index contributed by atoms with van der Waals surface area (Å²) < 4.78 is 56.2. The molecule has 2 atom stereocenters. The molecular weight excluding hydrogens is 543 g/mol. The smallest absolute Gasteiger partial charge is 0.416 e. The Labute approximate surface area is 235 Å². The lowest BCUT2D eigenvalue weighted by Crippen LogP contribution is -2.36. The fourth-order valence-electron chi connectivity index (χ4n) is 5.27. The summed E-state index contributed by atoms with van der Waals surface area (Å²) in [5.74, 6) is 0.835. The lowest BCUT2D eigenvalue weighted by Gasteiger charge is -2.37. The highest BCUT2D eigenvalue weighted by Gasteiger charge is 2.42. The number of benzene rings is 2. The van der Waals surface area contributed by atoms with Gasteiger partial charge in [0.05, 0.1) is 25.4 Å². The average Bonchev–Trinajstić information content (AvgIpc) is 2.93. The molecule has 1 aliphatic carbocycles. The van der Waals surface area contributed by atoms with Crippen molar-refractivity contribution in [2.24, 2.45) is 0 Å². The number of hydrogen-bond donors (Lipinski definition) is 1. The normalized spacial score (nSPS) is 19.2. The van der Waals surface area contributed by atoms with Crippen LogP contribution in [-0.2, 0) is 20.5 Å². The summed E-state index contributed by atoms with van der Waals surface area (Å²) in [6, 6.07) is 10.2. The van der Waals surface area contributed by atoms with Gasteiger partial charge in [0.2, 0.25) is 0 Å². The van der Waals surface area contributed by atoms with Crippen molar-refractivity contribution in [3.63, 3.8) is 0 Å². The van der Waals surface area contributed by atoms with E-state index >= 15 is 0 Å². The van der Waals surface area contributed by atoms with Crippen LogP contribution in [0.4, 0.5) is 13.2 Å². The van der Waals surface area contributed by atoms with Crippen molar-refractivity contribution in [3.05, 3.63) is 81.7 Å². The third-order valence-electron chi connectivity index (χ3n) is 7.16. The Morgan fingerprint density at radius 1 is 1.02 bits per heavy atom. The molecule has 0 spiro atoms. The number of dihydropyridines is 1. The van der Waals surface area contributed by atoms with Crippen LogP contribution in [0.1, 0.15) is 55.2 Å². The van der Waals surface area contributed by atoms with Crippen molar-refractivity contribution >= 4 is 23.5 Å². The number of hydrogen-bond acceptors (Lipinski definition) is 7. The highest BCUT2D eigenvalue weighted by molar-refractivity contribution is 7.99. The van der Waals surface area contributed by atoms with Crippen LogP contribution in [0.2, 0.25) is 0 Å². The Morgan fingerprint density at radius 3 is 2.33 bits per heavy atom. The Balaban J connectivity index is 1.73. The molecule has 10 heteroatoms. The van der Waals surface area contributed by atoms with E-state index < -0.39 is 23.6 Å². The number of rotatable bonds is 9. The van der Waals surface area contributed by atoms with Crippen LogP contribution in [-0.4, -0.2) is 44.1 Å². The number of Topliss-reactive ketones (excluding diaryl/α,β-unsaturated/α-hetero) is 1. The van der Waals surface area contributed by atoms with Crippen molar-refractivity contribution in [3.8, 4) is 11.5 Å². The van der Waals surface area contributed by atoms with E-state index in [0.717, 1.165) is 23.4 Å². The molecule has 214 valence electrons. The van der Waals surface area contributed by atoms with E-state index in [9.17, 15) is 22.8 Å². The van der Waals surface area contributed by atoms with Crippen LogP contribution in [0, 0.1) is 0 Å². The first-order valence-corrected chi connectivity index (χ1v) is 14.1. The van der Waals surface area contributed by atoms with Gasteiger partial charge in [-0.3, -0.25) is 4.79 Å². The van der Waals surface area contributed by atoms with Crippen LogP contribution in [0.25, 0.3) is 0 Å². The van der Waals surface area contributed by atoms with Crippen molar-refractivity contribution < 1.29 is 37.0 Å². The predicted octanol–water partition coefficient (Wildman–Crippen LogP) is 6.38. The lowest BCUT2D eigenvalue weighted by molar-refractivity contribution is -0.139. The summed E-state index contributed by atoms with van der Waals surface area (Å²) in [5, 5.41) is 3.26. The summed E-state index contributed by atoms with van der Waals surface area (Å²) in [6.45, 7) is 3.92. The molecule has 1 N–H and O–H groups in total. The first-order chi connectivity index (χ1) is 19.1. The zero-order valence-corrected chi connectivity index (χ0v) is 23.6. The monoisotopic (exact) mass is 575 g/mol. The van der Waals surface area contributed by atoms with Gasteiger partial charge in [-0.05, 0) is 60.4 Å². The third kappa shape index (κ3) is 6.16. The van der Waals surface area contributed by atoms with Crippen molar-refractivity contribution in [2.75, 3.05) is 32.3 Å². The van der Waals surface area contributed by atoms with Crippen molar-refractivity contribution in [1.29, 1.82) is 0 Å². The number of ether oxygens (including phenoxy) is 3. The molecule has 6 nitrogen and oxygen atoms in total. The maximum absolute atomic E-state index is 13.8. The summed E-state index contributed by atoms with van der Waals surface area (Å²) in [4.78, 5) is 27.1. The second-order valence-corrected chi connectivity index (χ2v) is 11.0. The summed E-state index contributed by atoms with van der Waals surface area (Å²) in [5.41, 5.74) is 2.30. The molecule has 0 fully saturated rings. The van der Waals surface area contributed by atoms with Crippen LogP contribution < -0.4 is 14.8 Å². The molecule has 4 rings (SSSR count). The number of ketones is 1. The number of carbonyl (C=O) groups is 2. The minimum absolute atomic E-state index is 0.167. The second kappa shape index (κ2) is 12.4. The van der Waals surface area contributed by atoms with Crippen molar-refractivity contribution in [2.45, 2.75) is 44.7 Å². The fourth-order valence-corrected chi connectivity index (χ4v) is 5.76. The van der Waals surface area contributed by atoms with E-state index in [1.165, 1.54) is 12.1 Å². The summed E-state index contributed by atoms with van der Waals surface area (Å²) in [6.07, 6.45) is -3.86. The van der Waals surface area contributed by atoms with E-state index in [4.69, 9.17) is 14.2 Å². The molecule has 1 heterocycles. The number of methoxy groups -OCH3 is 2. The number of thioether (sulfide) groups is 1. The number of alkyl halides is 3. The third-order valence-corrected chi connectivity index (χ3v) is 8.03. The summed E-state index contributed by atoms with van der Waals surface area (Å²) in [7, 11) is 3.09. The number of allylic oxidation sites excluding steroid dienone is 3. The average molecular weight is 576 g/mol. The topological polar surface area (TPSA) is 73.9 Å². The Kier molecular flexibility index (Phi) is 9.18. The van der Waals surface area contributed by atoms with Gasteiger partial charge >= 0.3 is 12.1 Å².